The number of nitrogens with zero attached hydrogens (tertiary/aromatic N) is 3. The Bertz CT molecular complexity index is 1560. The van der Waals surface area contributed by atoms with Crippen molar-refractivity contribution in [3.8, 4) is 45.0 Å². The minimum Gasteiger partial charge on any atom is -0.241 e. The molecule has 0 N–H and O–H groups in total. The highest BCUT2D eigenvalue weighted by Crippen LogP contribution is 2.36. The van der Waals surface area contributed by atoms with Crippen LogP contribution in [0.5, 0.6) is 0 Å². The van der Waals surface area contributed by atoms with Crippen LogP contribution in [0.3, 0.4) is 0 Å². The number of hydrogen-bond acceptors (Lipinski definition) is 4. The second-order valence-electron chi connectivity index (χ2n) is 8.38. The molecule has 0 bridgehead atoms. The fourth-order valence-electron chi connectivity index (χ4n) is 4.31. The number of benzene rings is 4. The van der Waals surface area contributed by atoms with Gasteiger partial charge < -0.3 is 0 Å². The van der Waals surface area contributed by atoms with E-state index in [0.717, 1.165) is 57.0 Å². The molecule has 0 aliphatic heterocycles. The lowest BCUT2D eigenvalue weighted by Crippen LogP contribution is -1.97. The molecule has 0 saturated heterocycles. The van der Waals surface area contributed by atoms with Crippen molar-refractivity contribution in [1.29, 1.82) is 0 Å². The average Bonchev–Trinajstić information content (AvgIpc) is 3.36. The minimum atomic E-state index is 0.722. The predicted octanol–water partition coefficient (Wildman–Crippen LogP) is 8.32. The van der Waals surface area contributed by atoms with Crippen LogP contribution in [0, 0.1) is 0 Å². The van der Waals surface area contributed by atoms with Crippen LogP contribution in [0.15, 0.2) is 109 Å². The van der Waals surface area contributed by atoms with Crippen LogP contribution >= 0.6 is 11.3 Å². The maximum Gasteiger partial charge on any atom is 0.160 e. The Labute approximate surface area is 208 Å². The zero-order valence-electron chi connectivity index (χ0n) is 19.3. The monoisotopic (exact) mass is 469 g/mol. The van der Waals surface area contributed by atoms with Gasteiger partial charge in [0.1, 0.15) is 0 Å². The molecule has 0 spiro atoms. The van der Waals surface area contributed by atoms with Gasteiger partial charge in [0, 0.05) is 16.7 Å². The van der Waals surface area contributed by atoms with Gasteiger partial charge in [0.2, 0.25) is 0 Å². The van der Waals surface area contributed by atoms with E-state index in [2.05, 4.69) is 79.7 Å². The first-order chi connectivity index (χ1) is 17.3. The van der Waals surface area contributed by atoms with Gasteiger partial charge >= 0.3 is 0 Å². The van der Waals surface area contributed by atoms with Crippen molar-refractivity contribution < 1.29 is 0 Å². The summed E-state index contributed by atoms with van der Waals surface area (Å²) in [5.41, 5.74) is 8.29. The van der Waals surface area contributed by atoms with Gasteiger partial charge in [-0.15, -0.1) is 11.3 Å². The smallest absolute Gasteiger partial charge is 0.160 e. The first-order valence-electron chi connectivity index (χ1n) is 11.8. The average molecular weight is 470 g/mol. The van der Waals surface area contributed by atoms with Crippen LogP contribution in [0.25, 0.3) is 55.2 Å². The van der Waals surface area contributed by atoms with Gasteiger partial charge in [-0.1, -0.05) is 97.9 Å². The first kappa shape index (κ1) is 21.4. The fraction of sp³-hybridized carbons (Fsp3) is 0.0645. The minimum absolute atomic E-state index is 0.722. The zero-order valence-corrected chi connectivity index (χ0v) is 20.2. The second kappa shape index (κ2) is 9.24. The summed E-state index contributed by atoms with van der Waals surface area (Å²) in [6.07, 6.45) is 0.955. The lowest BCUT2D eigenvalue weighted by Gasteiger charge is -2.13. The van der Waals surface area contributed by atoms with Crippen LogP contribution in [0.1, 0.15) is 11.9 Å². The van der Waals surface area contributed by atoms with Gasteiger partial charge in [0.25, 0.3) is 0 Å². The van der Waals surface area contributed by atoms with Gasteiger partial charge in [0.05, 0.1) is 26.6 Å². The molecule has 35 heavy (non-hydrogen) atoms. The van der Waals surface area contributed by atoms with Gasteiger partial charge in [-0.05, 0) is 35.7 Å². The fourth-order valence-corrected chi connectivity index (χ4v) is 5.20. The molecule has 0 radical (unpaired) electrons. The molecule has 0 atom stereocenters. The number of hydrogen-bond donors (Lipinski definition) is 0. The zero-order chi connectivity index (χ0) is 23.6. The van der Waals surface area contributed by atoms with E-state index in [0.29, 0.717) is 0 Å². The van der Waals surface area contributed by atoms with Crippen molar-refractivity contribution >= 4 is 21.6 Å². The van der Waals surface area contributed by atoms with E-state index in [4.69, 9.17) is 15.0 Å². The van der Waals surface area contributed by atoms with Crippen molar-refractivity contribution in [1.82, 2.24) is 15.0 Å². The molecule has 6 rings (SSSR count). The van der Waals surface area contributed by atoms with Crippen molar-refractivity contribution in [2.45, 2.75) is 13.3 Å². The van der Waals surface area contributed by atoms with E-state index in [9.17, 15) is 0 Å². The topological polar surface area (TPSA) is 38.7 Å². The summed E-state index contributed by atoms with van der Waals surface area (Å²) in [5.74, 6) is 0.722. The van der Waals surface area contributed by atoms with E-state index in [1.54, 1.807) is 11.3 Å². The quantitative estimate of drug-likeness (QED) is 0.255. The predicted molar refractivity (Wildman–Crippen MR) is 146 cm³/mol. The van der Waals surface area contributed by atoms with Crippen LogP contribution in [-0.2, 0) is 6.42 Å². The van der Waals surface area contributed by atoms with E-state index in [1.807, 2.05) is 36.4 Å². The van der Waals surface area contributed by atoms with Gasteiger partial charge in [-0.2, -0.15) is 0 Å². The lowest BCUT2D eigenvalue weighted by atomic mass is 9.96. The SMILES string of the molecule is CCc1nc2cc(-c3ccccc3-c3cc(-c4ccccc4)nc(-c4ccccc4)n3)ccc2s1. The number of aromatic nitrogens is 3. The molecule has 0 saturated carbocycles. The van der Waals surface area contributed by atoms with E-state index >= 15 is 0 Å². The molecule has 0 aliphatic carbocycles. The molecule has 2 aromatic heterocycles. The highest BCUT2D eigenvalue weighted by molar-refractivity contribution is 7.18. The van der Waals surface area contributed by atoms with Crippen molar-refractivity contribution in [2.24, 2.45) is 0 Å². The number of thiazole rings is 1. The molecule has 4 aromatic carbocycles. The second-order valence-corrected chi connectivity index (χ2v) is 9.50. The van der Waals surface area contributed by atoms with Crippen molar-refractivity contribution in [3.05, 3.63) is 114 Å². The molecule has 4 heteroatoms. The Morgan fingerprint density at radius 1 is 0.571 bits per heavy atom. The molecule has 6 aromatic rings. The Hall–Kier alpha value is -4.15. The Morgan fingerprint density at radius 3 is 1.97 bits per heavy atom. The van der Waals surface area contributed by atoms with Crippen LogP contribution < -0.4 is 0 Å². The third kappa shape index (κ3) is 4.25. The number of fused-ring (bicyclic) bond motifs is 1. The van der Waals surface area contributed by atoms with Crippen LogP contribution in [0.4, 0.5) is 0 Å². The molecule has 2 heterocycles. The molecule has 0 aliphatic rings. The highest BCUT2D eigenvalue weighted by Gasteiger charge is 2.14. The number of aryl methyl sites for hydroxylation is 1. The Kier molecular flexibility index (Phi) is 5.65. The summed E-state index contributed by atoms with van der Waals surface area (Å²) >= 11 is 1.77. The summed E-state index contributed by atoms with van der Waals surface area (Å²) in [6, 6.07) is 37.6. The summed E-state index contributed by atoms with van der Waals surface area (Å²) in [5, 5.41) is 1.17. The molecule has 0 fully saturated rings. The maximum atomic E-state index is 5.04. The Morgan fingerprint density at radius 2 is 1.23 bits per heavy atom. The maximum absolute atomic E-state index is 5.04. The van der Waals surface area contributed by atoms with Gasteiger partial charge in [-0.3, -0.25) is 0 Å². The summed E-state index contributed by atoms with van der Waals surface area (Å²) < 4.78 is 1.22. The molecular weight excluding hydrogens is 446 g/mol. The van der Waals surface area contributed by atoms with Gasteiger partial charge in [-0.25, -0.2) is 15.0 Å². The normalized spacial score (nSPS) is 11.1. The lowest BCUT2D eigenvalue weighted by molar-refractivity contribution is 1.11. The third-order valence-corrected chi connectivity index (χ3v) is 7.26. The van der Waals surface area contributed by atoms with Crippen molar-refractivity contribution in [3.63, 3.8) is 0 Å². The highest BCUT2D eigenvalue weighted by atomic mass is 32.1. The first-order valence-corrected chi connectivity index (χ1v) is 12.6. The largest absolute Gasteiger partial charge is 0.241 e. The molecule has 3 nitrogen and oxygen atoms in total. The van der Waals surface area contributed by atoms with Crippen molar-refractivity contribution in [2.75, 3.05) is 0 Å². The molecule has 0 amide bonds. The molecule has 168 valence electrons. The van der Waals surface area contributed by atoms with Crippen LogP contribution in [0.2, 0.25) is 0 Å². The summed E-state index contributed by atoms with van der Waals surface area (Å²) in [4.78, 5) is 14.8. The summed E-state index contributed by atoms with van der Waals surface area (Å²) in [6.45, 7) is 2.15. The number of rotatable bonds is 5. The summed E-state index contributed by atoms with van der Waals surface area (Å²) in [7, 11) is 0. The third-order valence-electron chi connectivity index (χ3n) is 6.08. The standard InChI is InChI=1S/C31H23N3S/c1-2-30-32-28-19-23(17-18-29(28)35-30)24-15-9-10-16-25(24)27-20-26(21-11-5-3-6-12-21)33-31(34-27)22-13-7-4-8-14-22/h3-20H,2H2,1H3. The van der Waals surface area contributed by atoms with Gasteiger partial charge in [0.15, 0.2) is 5.82 Å². The van der Waals surface area contributed by atoms with E-state index < -0.39 is 0 Å². The van der Waals surface area contributed by atoms with Crippen LogP contribution in [-0.4, -0.2) is 15.0 Å². The molecule has 0 unspecified atom stereocenters. The van der Waals surface area contributed by atoms with E-state index in [1.165, 1.54) is 9.71 Å². The molecular formula is C31H23N3S. The Balaban J connectivity index is 1.54. The van der Waals surface area contributed by atoms with E-state index in [-0.39, 0.29) is 0 Å².